The molecule has 1 rings (SSSR count). The first-order valence-corrected chi connectivity index (χ1v) is 5.57. The van der Waals surface area contributed by atoms with Gasteiger partial charge in [0.1, 0.15) is 0 Å². The summed E-state index contributed by atoms with van der Waals surface area (Å²) >= 11 is 3.48. The summed E-state index contributed by atoms with van der Waals surface area (Å²) < 4.78 is 0. The van der Waals surface area contributed by atoms with Crippen molar-refractivity contribution in [2.75, 3.05) is 6.54 Å². The Morgan fingerprint density at radius 2 is 2.33 bits per heavy atom. The van der Waals surface area contributed by atoms with Crippen molar-refractivity contribution in [3.05, 3.63) is 0 Å². The van der Waals surface area contributed by atoms with Gasteiger partial charge in [0, 0.05) is 17.3 Å². The third kappa shape index (κ3) is 2.77. The second-order valence-corrected chi connectivity index (χ2v) is 4.67. The lowest BCUT2D eigenvalue weighted by Gasteiger charge is -2.24. The fourth-order valence-electron chi connectivity index (χ4n) is 1.17. The predicted octanol–water partition coefficient (Wildman–Crippen LogP) is 2.08. The molecule has 1 aliphatic rings. The van der Waals surface area contributed by atoms with E-state index in [9.17, 15) is 4.79 Å². The summed E-state index contributed by atoms with van der Waals surface area (Å²) in [5, 5.41) is 2.95. The van der Waals surface area contributed by atoms with E-state index >= 15 is 0 Å². The second kappa shape index (κ2) is 4.85. The third-order valence-electron chi connectivity index (χ3n) is 2.42. The molecular weight excluding hydrogens is 218 g/mol. The molecule has 70 valence electrons. The van der Waals surface area contributed by atoms with Crippen molar-refractivity contribution in [2.45, 2.75) is 37.4 Å². The highest BCUT2D eigenvalue weighted by Gasteiger charge is 2.24. The van der Waals surface area contributed by atoms with E-state index in [1.165, 1.54) is 6.42 Å². The van der Waals surface area contributed by atoms with Crippen LogP contribution in [0.1, 0.15) is 32.6 Å². The minimum absolute atomic E-state index is 0.249. The normalized spacial score (nSPS) is 19.8. The molecular formula is C9H16BrNO. The van der Waals surface area contributed by atoms with Crippen LogP contribution < -0.4 is 5.32 Å². The molecule has 1 fully saturated rings. The molecule has 3 heteroatoms. The van der Waals surface area contributed by atoms with Crippen molar-refractivity contribution in [2.24, 2.45) is 5.92 Å². The van der Waals surface area contributed by atoms with Crippen molar-refractivity contribution in [3.63, 3.8) is 0 Å². The van der Waals surface area contributed by atoms with Gasteiger partial charge in [-0.2, -0.15) is 0 Å². The summed E-state index contributed by atoms with van der Waals surface area (Å²) in [5.41, 5.74) is 0. The summed E-state index contributed by atoms with van der Waals surface area (Å²) in [5.74, 6) is 0.570. The molecule has 1 atom stereocenters. The second-order valence-electron chi connectivity index (χ2n) is 3.38. The Bertz CT molecular complexity index is 157. The Labute approximate surface area is 82.2 Å². The van der Waals surface area contributed by atoms with Gasteiger partial charge in [0.2, 0.25) is 5.91 Å². The van der Waals surface area contributed by atoms with Crippen LogP contribution in [-0.4, -0.2) is 17.3 Å². The smallest absolute Gasteiger partial charge is 0.223 e. The highest BCUT2D eigenvalue weighted by Crippen LogP contribution is 2.26. The lowest BCUT2D eigenvalue weighted by atomic mass is 9.85. The average molecular weight is 234 g/mol. The zero-order chi connectivity index (χ0) is 8.97. The lowest BCUT2D eigenvalue weighted by molar-refractivity contribution is -0.127. The molecule has 2 nitrogen and oxygen atoms in total. The van der Waals surface area contributed by atoms with Crippen LogP contribution in [-0.2, 0) is 4.79 Å². The molecule has 0 aromatic rings. The molecule has 0 radical (unpaired) electrons. The van der Waals surface area contributed by atoms with Gasteiger partial charge in [-0.15, -0.1) is 0 Å². The minimum atomic E-state index is 0.249. The zero-order valence-corrected chi connectivity index (χ0v) is 9.06. The molecule has 12 heavy (non-hydrogen) atoms. The van der Waals surface area contributed by atoms with Gasteiger partial charge >= 0.3 is 0 Å². The van der Waals surface area contributed by atoms with Gasteiger partial charge in [-0.3, -0.25) is 4.79 Å². The minimum Gasteiger partial charge on any atom is -0.355 e. The molecule has 1 N–H and O–H groups in total. The zero-order valence-electron chi connectivity index (χ0n) is 7.48. The van der Waals surface area contributed by atoms with Crippen LogP contribution in [0.15, 0.2) is 0 Å². The van der Waals surface area contributed by atoms with Gasteiger partial charge in [-0.1, -0.05) is 29.3 Å². The molecule has 1 amide bonds. The Balaban J connectivity index is 2.09. The van der Waals surface area contributed by atoms with Gasteiger partial charge in [-0.05, 0) is 19.3 Å². The van der Waals surface area contributed by atoms with Crippen molar-refractivity contribution in [3.8, 4) is 0 Å². The Morgan fingerprint density at radius 3 is 2.75 bits per heavy atom. The molecule has 0 heterocycles. The molecule has 0 aromatic carbocycles. The van der Waals surface area contributed by atoms with E-state index in [-0.39, 0.29) is 5.91 Å². The molecule has 0 bridgehead atoms. The number of carbonyl (C=O) groups is 1. The molecule has 0 saturated heterocycles. The lowest BCUT2D eigenvalue weighted by Crippen LogP contribution is -2.37. The van der Waals surface area contributed by atoms with Gasteiger partial charge in [0.25, 0.3) is 0 Å². The van der Waals surface area contributed by atoms with E-state index in [2.05, 4.69) is 28.2 Å². The standard InChI is InChI=1S/C9H16BrNO/c1-2-8(10)6-11-9(12)7-4-3-5-7/h7-8H,2-6H2,1H3,(H,11,12). The van der Waals surface area contributed by atoms with E-state index in [4.69, 9.17) is 0 Å². The van der Waals surface area contributed by atoms with Gasteiger partial charge in [0.15, 0.2) is 0 Å². The average Bonchev–Trinajstić information content (AvgIpc) is 1.97. The van der Waals surface area contributed by atoms with Crippen LogP contribution in [0.5, 0.6) is 0 Å². The number of carbonyl (C=O) groups excluding carboxylic acids is 1. The fourth-order valence-corrected chi connectivity index (χ4v) is 1.33. The highest BCUT2D eigenvalue weighted by atomic mass is 79.9. The van der Waals surface area contributed by atoms with E-state index in [0.29, 0.717) is 10.7 Å². The Morgan fingerprint density at radius 1 is 1.67 bits per heavy atom. The summed E-state index contributed by atoms with van der Waals surface area (Å²) in [4.78, 5) is 11.7. The van der Waals surface area contributed by atoms with Gasteiger partial charge < -0.3 is 5.32 Å². The third-order valence-corrected chi connectivity index (χ3v) is 3.39. The van der Waals surface area contributed by atoms with E-state index in [0.717, 1.165) is 25.8 Å². The topological polar surface area (TPSA) is 29.1 Å². The molecule has 1 unspecified atom stereocenters. The first-order chi connectivity index (χ1) is 5.74. The van der Waals surface area contributed by atoms with Crippen LogP contribution in [0, 0.1) is 5.92 Å². The van der Waals surface area contributed by atoms with Crippen molar-refractivity contribution >= 4 is 21.8 Å². The van der Waals surface area contributed by atoms with Crippen LogP contribution in [0.25, 0.3) is 0 Å². The Kier molecular flexibility index (Phi) is 4.06. The molecule has 0 spiro atoms. The number of halogens is 1. The van der Waals surface area contributed by atoms with E-state index in [1.54, 1.807) is 0 Å². The first-order valence-electron chi connectivity index (χ1n) is 4.65. The molecule has 1 aliphatic carbocycles. The monoisotopic (exact) mass is 233 g/mol. The summed E-state index contributed by atoms with van der Waals surface area (Å²) in [6, 6.07) is 0. The molecule has 0 aliphatic heterocycles. The summed E-state index contributed by atoms with van der Waals surface area (Å²) in [6.07, 6.45) is 4.46. The van der Waals surface area contributed by atoms with Crippen LogP contribution in [0.3, 0.4) is 0 Å². The largest absolute Gasteiger partial charge is 0.355 e. The number of hydrogen-bond acceptors (Lipinski definition) is 1. The van der Waals surface area contributed by atoms with Gasteiger partial charge in [-0.25, -0.2) is 0 Å². The maximum absolute atomic E-state index is 11.3. The predicted molar refractivity (Wildman–Crippen MR) is 53.4 cm³/mol. The number of alkyl halides is 1. The van der Waals surface area contributed by atoms with Crippen LogP contribution >= 0.6 is 15.9 Å². The van der Waals surface area contributed by atoms with Crippen LogP contribution in [0.2, 0.25) is 0 Å². The highest BCUT2D eigenvalue weighted by molar-refractivity contribution is 9.09. The number of hydrogen-bond donors (Lipinski definition) is 1. The number of nitrogens with one attached hydrogen (secondary N) is 1. The van der Waals surface area contributed by atoms with Gasteiger partial charge in [0.05, 0.1) is 0 Å². The maximum atomic E-state index is 11.3. The van der Waals surface area contributed by atoms with E-state index < -0.39 is 0 Å². The number of rotatable bonds is 4. The molecule has 1 saturated carbocycles. The summed E-state index contributed by atoms with van der Waals surface area (Å²) in [6.45, 7) is 2.88. The van der Waals surface area contributed by atoms with E-state index in [1.807, 2.05) is 0 Å². The molecule has 0 aromatic heterocycles. The van der Waals surface area contributed by atoms with Crippen molar-refractivity contribution in [1.29, 1.82) is 0 Å². The van der Waals surface area contributed by atoms with Crippen molar-refractivity contribution in [1.82, 2.24) is 5.32 Å². The SMILES string of the molecule is CCC(Br)CNC(=O)C1CCC1. The quantitative estimate of drug-likeness (QED) is 0.741. The maximum Gasteiger partial charge on any atom is 0.223 e. The Hall–Kier alpha value is -0.0500. The van der Waals surface area contributed by atoms with Crippen LogP contribution in [0.4, 0.5) is 0 Å². The fraction of sp³-hybridized carbons (Fsp3) is 0.889. The summed E-state index contributed by atoms with van der Waals surface area (Å²) in [7, 11) is 0. The number of amides is 1. The van der Waals surface area contributed by atoms with Crippen molar-refractivity contribution < 1.29 is 4.79 Å². The first kappa shape index (κ1) is 10.0.